The molecule has 106 valence electrons. The number of nitrogens with zero attached hydrogens (tertiary/aromatic N) is 1. The second-order valence-electron chi connectivity index (χ2n) is 5.75. The van der Waals surface area contributed by atoms with E-state index in [1.54, 1.807) is 0 Å². The van der Waals surface area contributed by atoms with Crippen molar-refractivity contribution >= 4 is 0 Å². The molecule has 2 nitrogen and oxygen atoms in total. The third kappa shape index (κ3) is 5.75. The van der Waals surface area contributed by atoms with Gasteiger partial charge in [-0.25, -0.2) is 0 Å². The smallest absolute Gasteiger partial charge is 0.0667 e. The summed E-state index contributed by atoms with van der Waals surface area (Å²) in [6, 6.07) is 10.8. The van der Waals surface area contributed by atoms with Crippen molar-refractivity contribution in [3.63, 3.8) is 0 Å². The number of rotatable bonds is 7. The zero-order valence-corrected chi connectivity index (χ0v) is 11.9. The lowest BCUT2D eigenvalue weighted by molar-refractivity contribution is 0.0698. The number of hydrogen-bond donors (Lipinski definition) is 1. The van der Waals surface area contributed by atoms with E-state index in [9.17, 15) is 5.11 Å². The van der Waals surface area contributed by atoms with Gasteiger partial charge in [0.25, 0.3) is 0 Å². The molecule has 1 aromatic carbocycles. The zero-order valence-electron chi connectivity index (χ0n) is 11.9. The Hall–Kier alpha value is -0.860. The van der Waals surface area contributed by atoms with Gasteiger partial charge in [-0.1, -0.05) is 43.2 Å². The Morgan fingerprint density at radius 3 is 2.63 bits per heavy atom. The van der Waals surface area contributed by atoms with E-state index in [4.69, 9.17) is 0 Å². The van der Waals surface area contributed by atoms with Gasteiger partial charge in [-0.05, 0) is 50.8 Å². The number of aliphatic hydroxyl groups excluding tert-OH is 1. The fourth-order valence-electron chi connectivity index (χ4n) is 2.90. The Morgan fingerprint density at radius 2 is 1.84 bits per heavy atom. The Balaban J connectivity index is 1.48. The van der Waals surface area contributed by atoms with E-state index in [0.29, 0.717) is 0 Å². The number of aryl methyl sites for hydroxylation is 1. The molecule has 0 aliphatic carbocycles. The van der Waals surface area contributed by atoms with Crippen molar-refractivity contribution in [2.45, 2.75) is 51.0 Å². The lowest BCUT2D eigenvalue weighted by Gasteiger charge is -2.29. The van der Waals surface area contributed by atoms with E-state index in [0.717, 1.165) is 19.4 Å². The van der Waals surface area contributed by atoms with Crippen molar-refractivity contribution in [3.05, 3.63) is 35.9 Å². The minimum absolute atomic E-state index is 0.0770. The van der Waals surface area contributed by atoms with Crippen LogP contribution >= 0.6 is 0 Å². The van der Waals surface area contributed by atoms with Crippen LogP contribution in [0.4, 0.5) is 0 Å². The van der Waals surface area contributed by atoms with Gasteiger partial charge in [0.15, 0.2) is 0 Å². The minimum Gasteiger partial charge on any atom is -0.392 e. The fourth-order valence-corrected chi connectivity index (χ4v) is 2.90. The molecule has 1 aliphatic rings. The number of benzene rings is 1. The molecule has 1 aromatic rings. The topological polar surface area (TPSA) is 23.5 Å². The van der Waals surface area contributed by atoms with Crippen LogP contribution in [0.1, 0.15) is 44.1 Å². The van der Waals surface area contributed by atoms with Crippen molar-refractivity contribution in [3.8, 4) is 0 Å². The van der Waals surface area contributed by atoms with Crippen LogP contribution in [0, 0.1) is 0 Å². The third-order valence-electron chi connectivity index (χ3n) is 4.01. The molecule has 0 saturated carbocycles. The van der Waals surface area contributed by atoms with Gasteiger partial charge in [0.05, 0.1) is 6.10 Å². The Bertz CT molecular complexity index is 338. The molecule has 1 unspecified atom stereocenters. The van der Waals surface area contributed by atoms with Crippen LogP contribution in [-0.4, -0.2) is 35.7 Å². The Kier molecular flexibility index (Phi) is 6.38. The standard InChI is InChI=1S/C17H27NO/c19-17-12-8-14-18(15-17)13-7-2-1-4-9-16-10-5-3-6-11-16/h3,5-6,10-11,17,19H,1-2,4,7-9,12-15H2. The molecular formula is C17H27NO. The maximum absolute atomic E-state index is 9.60. The second-order valence-corrected chi connectivity index (χ2v) is 5.75. The van der Waals surface area contributed by atoms with E-state index in [1.807, 2.05) is 0 Å². The van der Waals surface area contributed by atoms with Crippen molar-refractivity contribution in [2.24, 2.45) is 0 Å². The monoisotopic (exact) mass is 261 g/mol. The SMILES string of the molecule is OC1CCCN(CCCCCCc2ccccc2)C1. The number of likely N-dealkylation sites (tertiary alicyclic amines) is 1. The highest BCUT2D eigenvalue weighted by atomic mass is 16.3. The number of hydrogen-bond acceptors (Lipinski definition) is 2. The molecule has 1 atom stereocenters. The molecule has 1 fully saturated rings. The predicted molar refractivity (Wildman–Crippen MR) is 80.3 cm³/mol. The van der Waals surface area contributed by atoms with Gasteiger partial charge in [0.2, 0.25) is 0 Å². The van der Waals surface area contributed by atoms with E-state index in [-0.39, 0.29) is 6.10 Å². The molecule has 1 N–H and O–H groups in total. The maximum Gasteiger partial charge on any atom is 0.0667 e. The van der Waals surface area contributed by atoms with Gasteiger partial charge >= 0.3 is 0 Å². The fraction of sp³-hybridized carbons (Fsp3) is 0.647. The molecule has 2 heteroatoms. The van der Waals surface area contributed by atoms with Crippen molar-refractivity contribution in [1.29, 1.82) is 0 Å². The number of β-amino-alcohol motifs (C(OH)–C–C–N with tert-alkyl or cyclic N) is 1. The summed E-state index contributed by atoms with van der Waals surface area (Å²) in [6.07, 6.45) is 8.51. The molecule has 2 rings (SSSR count). The molecule has 0 bridgehead atoms. The highest BCUT2D eigenvalue weighted by Crippen LogP contribution is 2.12. The van der Waals surface area contributed by atoms with Crippen LogP contribution in [0.5, 0.6) is 0 Å². The normalized spacial score (nSPS) is 20.6. The molecular weight excluding hydrogens is 234 g/mol. The summed E-state index contributed by atoms with van der Waals surface area (Å²) in [5.41, 5.74) is 1.46. The van der Waals surface area contributed by atoms with E-state index in [2.05, 4.69) is 35.2 Å². The molecule has 1 aliphatic heterocycles. The van der Waals surface area contributed by atoms with E-state index >= 15 is 0 Å². The summed E-state index contributed by atoms with van der Waals surface area (Å²) in [4.78, 5) is 2.42. The van der Waals surface area contributed by atoms with Gasteiger partial charge in [0.1, 0.15) is 0 Å². The molecule has 0 radical (unpaired) electrons. The Labute approximate surface area is 117 Å². The summed E-state index contributed by atoms with van der Waals surface area (Å²) >= 11 is 0. The van der Waals surface area contributed by atoms with Crippen molar-refractivity contribution < 1.29 is 5.11 Å². The Morgan fingerprint density at radius 1 is 1.05 bits per heavy atom. The average molecular weight is 261 g/mol. The van der Waals surface area contributed by atoms with Gasteiger partial charge in [-0.3, -0.25) is 0 Å². The van der Waals surface area contributed by atoms with Crippen LogP contribution in [0.2, 0.25) is 0 Å². The largest absolute Gasteiger partial charge is 0.392 e. The van der Waals surface area contributed by atoms with Crippen LogP contribution < -0.4 is 0 Å². The van der Waals surface area contributed by atoms with E-state index < -0.39 is 0 Å². The first-order valence-electron chi connectivity index (χ1n) is 7.79. The number of unbranched alkanes of at least 4 members (excludes halogenated alkanes) is 3. The molecule has 0 spiro atoms. The summed E-state index contributed by atoms with van der Waals surface area (Å²) in [5.74, 6) is 0. The first kappa shape index (κ1) is 14.5. The van der Waals surface area contributed by atoms with Crippen LogP contribution in [0.15, 0.2) is 30.3 Å². The third-order valence-corrected chi connectivity index (χ3v) is 4.01. The summed E-state index contributed by atoms with van der Waals surface area (Å²) in [7, 11) is 0. The highest BCUT2D eigenvalue weighted by molar-refractivity contribution is 5.14. The highest BCUT2D eigenvalue weighted by Gasteiger charge is 2.16. The van der Waals surface area contributed by atoms with Crippen molar-refractivity contribution in [1.82, 2.24) is 4.90 Å². The predicted octanol–water partition coefficient (Wildman–Crippen LogP) is 3.25. The lowest BCUT2D eigenvalue weighted by Crippen LogP contribution is -2.38. The second kappa shape index (κ2) is 8.34. The van der Waals surface area contributed by atoms with Gasteiger partial charge in [0, 0.05) is 6.54 Å². The van der Waals surface area contributed by atoms with Crippen LogP contribution in [0.3, 0.4) is 0 Å². The lowest BCUT2D eigenvalue weighted by atomic mass is 10.1. The number of piperidine rings is 1. The minimum atomic E-state index is -0.0770. The molecule has 1 saturated heterocycles. The molecule has 0 aromatic heterocycles. The average Bonchev–Trinajstić information content (AvgIpc) is 2.44. The molecule has 1 heterocycles. The van der Waals surface area contributed by atoms with E-state index in [1.165, 1.54) is 50.8 Å². The van der Waals surface area contributed by atoms with Gasteiger partial charge in [-0.2, -0.15) is 0 Å². The quantitative estimate of drug-likeness (QED) is 0.762. The summed E-state index contributed by atoms with van der Waals surface area (Å²) in [5, 5.41) is 9.60. The van der Waals surface area contributed by atoms with Crippen LogP contribution in [-0.2, 0) is 6.42 Å². The first-order valence-corrected chi connectivity index (χ1v) is 7.79. The van der Waals surface area contributed by atoms with Crippen molar-refractivity contribution in [2.75, 3.05) is 19.6 Å². The summed E-state index contributed by atoms with van der Waals surface area (Å²) in [6.45, 7) is 3.24. The van der Waals surface area contributed by atoms with Gasteiger partial charge < -0.3 is 10.0 Å². The molecule has 19 heavy (non-hydrogen) atoms. The maximum atomic E-state index is 9.60. The number of aliphatic hydroxyl groups is 1. The van der Waals surface area contributed by atoms with Crippen LogP contribution in [0.25, 0.3) is 0 Å². The van der Waals surface area contributed by atoms with Gasteiger partial charge in [-0.15, -0.1) is 0 Å². The summed E-state index contributed by atoms with van der Waals surface area (Å²) < 4.78 is 0. The molecule has 0 amide bonds. The first-order chi connectivity index (χ1) is 9.34. The zero-order chi connectivity index (χ0) is 13.3.